The number of alkyl halides is 1. The zero-order valence-corrected chi connectivity index (χ0v) is 12.3. The maximum Gasteiger partial charge on any atom is 0.271 e. The number of aromatic nitrogens is 1. The molecule has 94 valence electrons. The summed E-state index contributed by atoms with van der Waals surface area (Å²) in [6, 6.07) is 3.55. The minimum atomic E-state index is -0.191. The highest BCUT2D eigenvalue weighted by Gasteiger charge is 2.16. The van der Waals surface area contributed by atoms with Crippen molar-refractivity contribution in [2.75, 3.05) is 5.88 Å². The van der Waals surface area contributed by atoms with Crippen LogP contribution in [-0.4, -0.2) is 22.8 Å². The van der Waals surface area contributed by atoms with E-state index in [2.05, 4.69) is 40.1 Å². The fourth-order valence-corrected chi connectivity index (χ4v) is 2.17. The van der Waals surface area contributed by atoms with E-state index >= 15 is 0 Å². The highest BCUT2D eigenvalue weighted by molar-refractivity contribution is 9.10. The molecule has 0 aliphatic rings. The third-order valence-corrected chi connectivity index (χ3v) is 3.26. The van der Waals surface area contributed by atoms with Crippen molar-refractivity contribution in [1.29, 1.82) is 0 Å². The first-order valence-electron chi connectivity index (χ1n) is 5.52. The van der Waals surface area contributed by atoms with Crippen LogP contribution in [0.5, 0.6) is 0 Å². The highest BCUT2D eigenvalue weighted by atomic mass is 79.9. The van der Waals surface area contributed by atoms with Gasteiger partial charge in [-0.3, -0.25) is 4.79 Å². The lowest BCUT2D eigenvalue weighted by Crippen LogP contribution is -2.37. The standard InChI is InChI=1S/C12H16BrClN2O/c1-8(2)6-9(7-14)16-12(17)11-10(13)4-3-5-15-11/h3-5,8-9H,6-7H2,1-2H3,(H,16,17). The molecule has 1 atom stereocenters. The Hall–Kier alpha value is -0.610. The molecule has 5 heteroatoms. The van der Waals surface area contributed by atoms with Crippen LogP contribution >= 0.6 is 27.5 Å². The molecule has 0 aliphatic heterocycles. The van der Waals surface area contributed by atoms with Crippen LogP contribution in [0.3, 0.4) is 0 Å². The Labute approximate surface area is 115 Å². The molecular formula is C12H16BrClN2O. The van der Waals surface area contributed by atoms with Crippen molar-refractivity contribution in [3.05, 3.63) is 28.5 Å². The molecule has 3 nitrogen and oxygen atoms in total. The van der Waals surface area contributed by atoms with Crippen molar-refractivity contribution in [2.24, 2.45) is 5.92 Å². The number of nitrogens with zero attached hydrogens (tertiary/aromatic N) is 1. The summed E-state index contributed by atoms with van der Waals surface area (Å²) in [5, 5.41) is 2.89. The van der Waals surface area contributed by atoms with E-state index in [0.29, 0.717) is 22.0 Å². The van der Waals surface area contributed by atoms with E-state index < -0.39 is 0 Å². The third-order valence-electron chi connectivity index (χ3n) is 2.25. The Kier molecular flexibility index (Phi) is 5.92. The van der Waals surface area contributed by atoms with Gasteiger partial charge < -0.3 is 5.32 Å². The summed E-state index contributed by atoms with van der Waals surface area (Å²) in [6.45, 7) is 4.20. The summed E-state index contributed by atoms with van der Waals surface area (Å²) in [7, 11) is 0. The number of pyridine rings is 1. The fraction of sp³-hybridized carbons (Fsp3) is 0.500. The number of amides is 1. The molecule has 0 saturated heterocycles. The Morgan fingerprint density at radius 3 is 2.82 bits per heavy atom. The average Bonchev–Trinajstić information content (AvgIpc) is 2.27. The van der Waals surface area contributed by atoms with Gasteiger partial charge in [-0.15, -0.1) is 11.6 Å². The predicted octanol–water partition coefficient (Wildman–Crippen LogP) is 3.23. The van der Waals surface area contributed by atoms with Crippen LogP contribution in [0.1, 0.15) is 30.8 Å². The first kappa shape index (κ1) is 14.5. The van der Waals surface area contributed by atoms with Crippen molar-refractivity contribution in [1.82, 2.24) is 10.3 Å². The molecule has 1 N–H and O–H groups in total. The molecular weight excluding hydrogens is 304 g/mol. The van der Waals surface area contributed by atoms with Gasteiger partial charge in [-0.05, 0) is 40.4 Å². The molecule has 0 bridgehead atoms. The van der Waals surface area contributed by atoms with Gasteiger partial charge in [0.05, 0.1) is 0 Å². The Bertz CT molecular complexity index is 385. The summed E-state index contributed by atoms with van der Waals surface area (Å²) < 4.78 is 0.690. The van der Waals surface area contributed by atoms with Crippen LogP contribution in [0.4, 0.5) is 0 Å². The predicted molar refractivity (Wildman–Crippen MR) is 73.4 cm³/mol. The van der Waals surface area contributed by atoms with E-state index in [1.54, 1.807) is 18.3 Å². The molecule has 1 aromatic heterocycles. The van der Waals surface area contributed by atoms with Crippen LogP contribution in [0, 0.1) is 5.92 Å². The van der Waals surface area contributed by atoms with E-state index in [-0.39, 0.29) is 11.9 Å². The maximum absolute atomic E-state index is 12.0. The first-order valence-corrected chi connectivity index (χ1v) is 6.84. The number of nitrogens with one attached hydrogen (secondary N) is 1. The number of carbonyl (C=O) groups excluding carboxylic acids is 1. The fourth-order valence-electron chi connectivity index (χ4n) is 1.54. The van der Waals surface area contributed by atoms with Crippen molar-refractivity contribution in [3.63, 3.8) is 0 Å². The van der Waals surface area contributed by atoms with Gasteiger partial charge in [0.1, 0.15) is 5.69 Å². The van der Waals surface area contributed by atoms with E-state index in [0.717, 1.165) is 6.42 Å². The Balaban J connectivity index is 2.68. The highest BCUT2D eigenvalue weighted by Crippen LogP contribution is 2.14. The second-order valence-electron chi connectivity index (χ2n) is 4.29. The third kappa shape index (κ3) is 4.64. The molecule has 0 aliphatic carbocycles. The summed E-state index contributed by atoms with van der Waals surface area (Å²) in [4.78, 5) is 16.0. The van der Waals surface area contributed by atoms with Gasteiger partial charge in [0.15, 0.2) is 0 Å². The molecule has 0 aromatic carbocycles. The topological polar surface area (TPSA) is 42.0 Å². The monoisotopic (exact) mass is 318 g/mol. The van der Waals surface area contributed by atoms with Gasteiger partial charge in [-0.2, -0.15) is 0 Å². The van der Waals surface area contributed by atoms with Gasteiger partial charge in [-0.25, -0.2) is 4.98 Å². The normalized spacial score (nSPS) is 12.5. The smallest absolute Gasteiger partial charge is 0.271 e. The maximum atomic E-state index is 12.0. The molecule has 1 amide bonds. The summed E-state index contributed by atoms with van der Waals surface area (Å²) in [5.41, 5.74) is 0.395. The SMILES string of the molecule is CC(C)CC(CCl)NC(=O)c1ncccc1Br. The molecule has 0 fully saturated rings. The molecule has 1 unspecified atom stereocenters. The molecule has 1 heterocycles. The largest absolute Gasteiger partial charge is 0.347 e. The number of rotatable bonds is 5. The zero-order chi connectivity index (χ0) is 12.8. The van der Waals surface area contributed by atoms with Gasteiger partial charge in [0.2, 0.25) is 0 Å². The van der Waals surface area contributed by atoms with Gasteiger partial charge in [0, 0.05) is 22.6 Å². The van der Waals surface area contributed by atoms with E-state index in [1.807, 2.05) is 0 Å². The summed E-state index contributed by atoms with van der Waals surface area (Å²) >= 11 is 9.14. The van der Waals surface area contributed by atoms with Crippen LogP contribution < -0.4 is 5.32 Å². The molecule has 1 aromatic rings. The number of carbonyl (C=O) groups is 1. The molecule has 0 radical (unpaired) electrons. The lowest BCUT2D eigenvalue weighted by molar-refractivity contribution is 0.0931. The van der Waals surface area contributed by atoms with Crippen LogP contribution in [-0.2, 0) is 0 Å². The Morgan fingerprint density at radius 1 is 1.59 bits per heavy atom. The van der Waals surface area contributed by atoms with Crippen molar-refractivity contribution in [2.45, 2.75) is 26.3 Å². The molecule has 1 rings (SSSR count). The molecule has 0 spiro atoms. The van der Waals surface area contributed by atoms with E-state index in [1.165, 1.54) is 0 Å². The van der Waals surface area contributed by atoms with E-state index in [4.69, 9.17) is 11.6 Å². The second kappa shape index (κ2) is 6.97. The lowest BCUT2D eigenvalue weighted by atomic mass is 10.1. The number of hydrogen-bond acceptors (Lipinski definition) is 2. The molecule has 0 saturated carbocycles. The number of halogens is 2. The number of hydrogen-bond donors (Lipinski definition) is 1. The van der Waals surface area contributed by atoms with Crippen LogP contribution in [0.25, 0.3) is 0 Å². The minimum absolute atomic E-state index is 0.0157. The van der Waals surface area contributed by atoms with Crippen molar-refractivity contribution < 1.29 is 4.79 Å². The second-order valence-corrected chi connectivity index (χ2v) is 5.45. The summed E-state index contributed by atoms with van der Waals surface area (Å²) in [5.74, 6) is 0.712. The van der Waals surface area contributed by atoms with Gasteiger partial charge in [0.25, 0.3) is 5.91 Å². The minimum Gasteiger partial charge on any atom is -0.347 e. The average molecular weight is 320 g/mol. The Morgan fingerprint density at radius 2 is 2.29 bits per heavy atom. The molecule has 17 heavy (non-hydrogen) atoms. The van der Waals surface area contributed by atoms with Crippen LogP contribution in [0.2, 0.25) is 0 Å². The van der Waals surface area contributed by atoms with Crippen molar-refractivity contribution >= 4 is 33.4 Å². The first-order chi connectivity index (χ1) is 8.04. The summed E-state index contributed by atoms with van der Waals surface area (Å²) in [6.07, 6.45) is 2.46. The quantitative estimate of drug-likeness (QED) is 0.847. The van der Waals surface area contributed by atoms with Crippen molar-refractivity contribution in [3.8, 4) is 0 Å². The van der Waals surface area contributed by atoms with Gasteiger partial charge in [-0.1, -0.05) is 13.8 Å². The lowest BCUT2D eigenvalue weighted by Gasteiger charge is -2.18. The van der Waals surface area contributed by atoms with Crippen LogP contribution in [0.15, 0.2) is 22.8 Å². The van der Waals surface area contributed by atoms with E-state index in [9.17, 15) is 4.79 Å². The zero-order valence-electron chi connectivity index (χ0n) is 9.91. The van der Waals surface area contributed by atoms with Gasteiger partial charge >= 0.3 is 0 Å².